The SMILES string of the molecule is COCC1CCCN(Cc2nc(-c3ccc(C(F)(F)F)cc3)no2)C1. The number of rotatable bonds is 5. The van der Waals surface area contributed by atoms with Gasteiger partial charge in [-0.05, 0) is 37.4 Å². The number of methoxy groups -OCH3 is 1. The van der Waals surface area contributed by atoms with E-state index in [1.54, 1.807) is 7.11 Å². The summed E-state index contributed by atoms with van der Waals surface area (Å²) in [6, 6.07) is 4.75. The molecular weight excluding hydrogens is 335 g/mol. The molecule has 1 aliphatic heterocycles. The van der Waals surface area contributed by atoms with E-state index in [2.05, 4.69) is 15.0 Å². The third kappa shape index (κ3) is 4.58. The quantitative estimate of drug-likeness (QED) is 0.820. The van der Waals surface area contributed by atoms with Crippen molar-refractivity contribution >= 4 is 0 Å². The summed E-state index contributed by atoms with van der Waals surface area (Å²) in [6.07, 6.45) is -2.12. The third-order valence-electron chi connectivity index (χ3n) is 4.30. The Hall–Kier alpha value is -1.93. The first-order valence-corrected chi connectivity index (χ1v) is 8.17. The Balaban J connectivity index is 1.64. The van der Waals surface area contributed by atoms with Crippen molar-refractivity contribution in [2.45, 2.75) is 25.6 Å². The van der Waals surface area contributed by atoms with Crippen LogP contribution in [0.5, 0.6) is 0 Å². The number of halogens is 3. The fourth-order valence-corrected chi connectivity index (χ4v) is 3.10. The van der Waals surface area contributed by atoms with Crippen molar-refractivity contribution in [3.05, 3.63) is 35.7 Å². The zero-order valence-corrected chi connectivity index (χ0v) is 13.9. The van der Waals surface area contributed by atoms with Gasteiger partial charge in [-0.2, -0.15) is 18.2 Å². The zero-order chi connectivity index (χ0) is 17.9. The standard InChI is InChI=1S/C17H20F3N3O2/c1-24-11-12-3-2-8-23(9-12)10-15-21-16(22-25-15)13-4-6-14(7-5-13)17(18,19)20/h4-7,12H,2-3,8-11H2,1H3. The highest BCUT2D eigenvalue weighted by molar-refractivity contribution is 5.54. The van der Waals surface area contributed by atoms with E-state index >= 15 is 0 Å². The molecule has 0 amide bonds. The fourth-order valence-electron chi connectivity index (χ4n) is 3.10. The van der Waals surface area contributed by atoms with Crippen molar-refractivity contribution in [3.63, 3.8) is 0 Å². The molecule has 8 heteroatoms. The van der Waals surface area contributed by atoms with Crippen molar-refractivity contribution < 1.29 is 22.4 Å². The zero-order valence-electron chi connectivity index (χ0n) is 13.9. The van der Waals surface area contributed by atoms with Gasteiger partial charge in [0.25, 0.3) is 0 Å². The lowest BCUT2D eigenvalue weighted by molar-refractivity contribution is -0.137. The van der Waals surface area contributed by atoms with E-state index in [1.807, 2.05) is 0 Å². The molecule has 0 bridgehead atoms. The number of hydrogen-bond acceptors (Lipinski definition) is 5. The van der Waals surface area contributed by atoms with Crippen LogP contribution in [0.2, 0.25) is 0 Å². The van der Waals surface area contributed by atoms with Gasteiger partial charge in [0.1, 0.15) is 0 Å². The first-order chi connectivity index (χ1) is 12.0. The number of piperidine rings is 1. The smallest absolute Gasteiger partial charge is 0.384 e. The normalized spacial score (nSPS) is 19.3. The summed E-state index contributed by atoms with van der Waals surface area (Å²) in [5.41, 5.74) is -0.198. The molecule has 1 unspecified atom stereocenters. The number of likely N-dealkylation sites (tertiary alicyclic amines) is 1. The van der Waals surface area contributed by atoms with Crippen molar-refractivity contribution in [1.29, 1.82) is 0 Å². The first-order valence-electron chi connectivity index (χ1n) is 8.17. The van der Waals surface area contributed by atoms with E-state index in [0.717, 1.165) is 44.7 Å². The first kappa shape index (κ1) is 17.9. The molecule has 0 spiro atoms. The Morgan fingerprint density at radius 2 is 2.04 bits per heavy atom. The summed E-state index contributed by atoms with van der Waals surface area (Å²) in [4.78, 5) is 6.54. The molecule has 2 aromatic rings. The minimum atomic E-state index is -4.35. The van der Waals surface area contributed by atoms with E-state index in [-0.39, 0.29) is 0 Å². The van der Waals surface area contributed by atoms with Crippen LogP contribution in [0.3, 0.4) is 0 Å². The Morgan fingerprint density at radius 3 is 2.72 bits per heavy atom. The van der Waals surface area contributed by atoms with E-state index in [9.17, 15) is 13.2 Å². The largest absolute Gasteiger partial charge is 0.416 e. The molecule has 3 rings (SSSR count). The average Bonchev–Trinajstić information content (AvgIpc) is 3.03. The van der Waals surface area contributed by atoms with Gasteiger partial charge in [-0.25, -0.2) is 0 Å². The van der Waals surface area contributed by atoms with Gasteiger partial charge in [0.15, 0.2) is 0 Å². The summed E-state index contributed by atoms with van der Waals surface area (Å²) in [7, 11) is 1.70. The number of benzene rings is 1. The molecular formula is C17H20F3N3O2. The van der Waals surface area contributed by atoms with Crippen molar-refractivity contribution in [1.82, 2.24) is 15.0 Å². The molecule has 0 saturated carbocycles. The van der Waals surface area contributed by atoms with E-state index in [1.165, 1.54) is 12.1 Å². The van der Waals surface area contributed by atoms with Crippen LogP contribution in [0.15, 0.2) is 28.8 Å². The molecule has 0 N–H and O–H groups in total. The lowest BCUT2D eigenvalue weighted by Crippen LogP contribution is -2.36. The minimum absolute atomic E-state index is 0.300. The van der Waals surface area contributed by atoms with Crippen molar-refractivity contribution in [2.75, 3.05) is 26.8 Å². The molecule has 5 nitrogen and oxygen atoms in total. The molecule has 1 atom stereocenters. The van der Waals surface area contributed by atoms with E-state index in [4.69, 9.17) is 9.26 Å². The van der Waals surface area contributed by atoms with E-state index in [0.29, 0.717) is 29.7 Å². The van der Waals surface area contributed by atoms with Crippen LogP contribution >= 0.6 is 0 Å². The maximum Gasteiger partial charge on any atom is 0.416 e. The van der Waals surface area contributed by atoms with Crippen molar-refractivity contribution in [2.24, 2.45) is 5.92 Å². The summed E-state index contributed by atoms with van der Waals surface area (Å²) in [6.45, 7) is 3.13. The van der Waals surface area contributed by atoms with Crippen LogP contribution in [0, 0.1) is 5.92 Å². The predicted octanol–water partition coefficient (Wildman–Crippen LogP) is 3.61. The monoisotopic (exact) mass is 355 g/mol. The number of aromatic nitrogens is 2. The number of nitrogens with zero attached hydrogens (tertiary/aromatic N) is 3. The van der Waals surface area contributed by atoms with Gasteiger partial charge in [-0.3, -0.25) is 4.90 Å². The third-order valence-corrected chi connectivity index (χ3v) is 4.30. The number of ether oxygens (including phenoxy) is 1. The molecule has 1 fully saturated rings. The van der Waals surface area contributed by atoms with Gasteiger partial charge in [-0.1, -0.05) is 17.3 Å². The van der Waals surface area contributed by atoms with Crippen LogP contribution in [0.25, 0.3) is 11.4 Å². The minimum Gasteiger partial charge on any atom is -0.384 e. The molecule has 1 aliphatic rings. The summed E-state index contributed by atoms with van der Waals surface area (Å²) < 4.78 is 48.3. The Morgan fingerprint density at radius 1 is 1.28 bits per heavy atom. The van der Waals surface area contributed by atoms with Crippen LogP contribution in [-0.4, -0.2) is 41.8 Å². The highest BCUT2D eigenvalue weighted by Crippen LogP contribution is 2.30. The second-order valence-corrected chi connectivity index (χ2v) is 6.29. The summed E-state index contributed by atoms with van der Waals surface area (Å²) in [5, 5.41) is 3.88. The van der Waals surface area contributed by atoms with Gasteiger partial charge in [0.05, 0.1) is 18.7 Å². The molecule has 25 heavy (non-hydrogen) atoms. The molecule has 1 aromatic heterocycles. The van der Waals surface area contributed by atoms with Crippen molar-refractivity contribution in [3.8, 4) is 11.4 Å². The highest BCUT2D eigenvalue weighted by Gasteiger charge is 2.30. The Bertz CT molecular complexity index is 683. The highest BCUT2D eigenvalue weighted by atomic mass is 19.4. The number of alkyl halides is 3. The van der Waals surface area contributed by atoms with Gasteiger partial charge >= 0.3 is 6.18 Å². The summed E-state index contributed by atoms with van der Waals surface area (Å²) in [5.74, 6) is 1.26. The Kier molecular flexibility index (Phi) is 5.39. The second kappa shape index (κ2) is 7.53. The van der Waals surface area contributed by atoms with Crippen LogP contribution in [0.4, 0.5) is 13.2 Å². The molecule has 1 saturated heterocycles. The average molecular weight is 355 g/mol. The lowest BCUT2D eigenvalue weighted by atomic mass is 9.99. The number of hydrogen-bond donors (Lipinski definition) is 0. The summed E-state index contributed by atoms with van der Waals surface area (Å²) >= 11 is 0. The second-order valence-electron chi connectivity index (χ2n) is 6.29. The maximum atomic E-state index is 12.6. The molecule has 0 aliphatic carbocycles. The Labute approximate surface area is 143 Å². The topological polar surface area (TPSA) is 51.4 Å². The van der Waals surface area contributed by atoms with Gasteiger partial charge < -0.3 is 9.26 Å². The van der Waals surface area contributed by atoms with Gasteiger partial charge in [-0.15, -0.1) is 0 Å². The molecule has 0 radical (unpaired) electrons. The van der Waals surface area contributed by atoms with Crippen LogP contribution in [0.1, 0.15) is 24.3 Å². The van der Waals surface area contributed by atoms with E-state index < -0.39 is 11.7 Å². The van der Waals surface area contributed by atoms with Crippen LogP contribution in [-0.2, 0) is 17.5 Å². The predicted molar refractivity (Wildman–Crippen MR) is 84.6 cm³/mol. The molecule has 136 valence electrons. The molecule has 2 heterocycles. The maximum absolute atomic E-state index is 12.6. The molecule has 1 aromatic carbocycles. The lowest BCUT2D eigenvalue weighted by Gasteiger charge is -2.31. The van der Waals surface area contributed by atoms with Gasteiger partial charge in [0.2, 0.25) is 11.7 Å². The van der Waals surface area contributed by atoms with Gasteiger partial charge in [0, 0.05) is 19.2 Å². The van der Waals surface area contributed by atoms with Crippen LogP contribution < -0.4 is 0 Å². The fraction of sp³-hybridized carbons (Fsp3) is 0.529.